The Morgan fingerprint density at radius 3 is 1.19 bits per heavy atom. The summed E-state index contributed by atoms with van der Waals surface area (Å²) < 4.78 is 7.13. The molecule has 12 aromatic rings. The molecule has 12 rings (SSSR count). The topological polar surface area (TPSA) is 27.7 Å². The van der Waals surface area contributed by atoms with Crippen LogP contribution < -0.4 is 0 Å². The van der Waals surface area contributed by atoms with E-state index in [2.05, 4.69) is 262 Å². The lowest BCUT2D eigenvalue weighted by atomic mass is 9.87. The molecule has 9 aromatic carbocycles. The van der Waals surface area contributed by atoms with Crippen molar-refractivity contribution in [3.05, 3.63) is 217 Å². The maximum absolute atomic E-state index is 5.38. The summed E-state index contributed by atoms with van der Waals surface area (Å²) in [4.78, 5) is 5.38. The average Bonchev–Trinajstić information content (AvgIpc) is 4.01. The van der Waals surface area contributed by atoms with E-state index < -0.39 is 0 Å². The molecule has 0 unspecified atom stereocenters. The van der Waals surface area contributed by atoms with Crippen molar-refractivity contribution in [2.24, 2.45) is 0 Å². The van der Waals surface area contributed by atoms with Gasteiger partial charge in [-0.2, -0.15) is 0 Å². The summed E-state index contributed by atoms with van der Waals surface area (Å²) in [6, 6.07) is 75.9. The Bertz CT molecular complexity index is 3650. The van der Waals surface area contributed by atoms with Gasteiger partial charge in [-0.25, -0.2) is 4.98 Å². The zero-order chi connectivity index (χ0) is 45.6. The average molecular weight is 865 g/mol. The molecule has 0 aliphatic rings. The molecular formula is C63H52N4. The SMILES string of the molecule is CC(C)(C)c1ccc(-n2c3ccccc3c3cc(-c4cc(-c5ccc6c(c5)c5ccccc5n6-c5ccc(C(C)(C)C)cc5)cc(-c5nc6ccccc6n5-c5ccccc5)c4)ccc32)cc1. The minimum absolute atomic E-state index is 0.0795. The minimum atomic E-state index is 0.0795. The number of hydrogen-bond acceptors (Lipinski definition) is 1. The summed E-state index contributed by atoms with van der Waals surface area (Å²) >= 11 is 0. The largest absolute Gasteiger partial charge is 0.309 e. The fraction of sp³-hybridized carbons (Fsp3) is 0.127. The highest BCUT2D eigenvalue weighted by atomic mass is 15.1. The number of imidazole rings is 1. The Labute approximate surface area is 392 Å². The molecule has 324 valence electrons. The molecule has 0 aliphatic carbocycles. The minimum Gasteiger partial charge on any atom is -0.309 e. The molecule has 67 heavy (non-hydrogen) atoms. The predicted molar refractivity (Wildman–Crippen MR) is 283 cm³/mol. The molecule has 0 spiro atoms. The lowest BCUT2D eigenvalue weighted by Crippen LogP contribution is -2.10. The molecule has 0 radical (unpaired) electrons. The Morgan fingerprint density at radius 2 is 0.701 bits per heavy atom. The van der Waals surface area contributed by atoms with Gasteiger partial charge >= 0.3 is 0 Å². The van der Waals surface area contributed by atoms with Gasteiger partial charge in [0.2, 0.25) is 0 Å². The first kappa shape index (κ1) is 40.6. The van der Waals surface area contributed by atoms with E-state index in [1.54, 1.807) is 0 Å². The van der Waals surface area contributed by atoms with Crippen molar-refractivity contribution in [1.82, 2.24) is 18.7 Å². The van der Waals surface area contributed by atoms with Crippen molar-refractivity contribution in [2.45, 2.75) is 52.4 Å². The van der Waals surface area contributed by atoms with Crippen LogP contribution in [0.3, 0.4) is 0 Å². The third kappa shape index (κ3) is 6.86. The first-order valence-corrected chi connectivity index (χ1v) is 23.5. The molecular weight excluding hydrogens is 813 g/mol. The van der Waals surface area contributed by atoms with Gasteiger partial charge in [0.05, 0.1) is 33.1 Å². The van der Waals surface area contributed by atoms with Crippen molar-refractivity contribution in [3.8, 4) is 50.7 Å². The fourth-order valence-electron chi connectivity index (χ4n) is 10.2. The summed E-state index contributed by atoms with van der Waals surface area (Å²) in [5, 5.41) is 4.91. The molecule has 0 aliphatic heterocycles. The molecule has 4 nitrogen and oxygen atoms in total. The van der Waals surface area contributed by atoms with Crippen LogP contribution in [0.25, 0.3) is 105 Å². The summed E-state index contributed by atoms with van der Waals surface area (Å²) in [5.41, 5.74) is 18.6. The Kier molecular flexibility index (Phi) is 9.27. The quantitative estimate of drug-likeness (QED) is 0.164. The van der Waals surface area contributed by atoms with E-state index in [1.807, 2.05) is 0 Å². The number of aromatic nitrogens is 4. The second kappa shape index (κ2) is 15.3. The van der Waals surface area contributed by atoms with E-state index in [-0.39, 0.29) is 10.8 Å². The van der Waals surface area contributed by atoms with Gasteiger partial charge in [-0.1, -0.05) is 145 Å². The van der Waals surface area contributed by atoms with Gasteiger partial charge in [0.1, 0.15) is 5.82 Å². The molecule has 0 atom stereocenters. The van der Waals surface area contributed by atoms with Gasteiger partial charge < -0.3 is 9.13 Å². The van der Waals surface area contributed by atoms with Gasteiger partial charge in [0.25, 0.3) is 0 Å². The van der Waals surface area contributed by atoms with E-state index in [4.69, 9.17) is 4.98 Å². The molecule has 3 heterocycles. The van der Waals surface area contributed by atoms with Crippen LogP contribution in [-0.2, 0) is 10.8 Å². The number of para-hydroxylation sites is 5. The van der Waals surface area contributed by atoms with E-state index in [1.165, 1.54) is 54.7 Å². The first-order chi connectivity index (χ1) is 32.5. The molecule has 0 saturated heterocycles. The fourth-order valence-corrected chi connectivity index (χ4v) is 10.2. The van der Waals surface area contributed by atoms with E-state index in [0.29, 0.717) is 0 Å². The molecule has 0 saturated carbocycles. The predicted octanol–water partition coefficient (Wildman–Crippen LogP) is 16.8. The summed E-state index contributed by atoms with van der Waals surface area (Å²) in [6.45, 7) is 13.6. The first-order valence-electron chi connectivity index (χ1n) is 23.5. The van der Waals surface area contributed by atoms with Crippen LogP contribution in [0, 0.1) is 0 Å². The summed E-state index contributed by atoms with van der Waals surface area (Å²) in [7, 11) is 0. The van der Waals surface area contributed by atoms with Crippen molar-refractivity contribution < 1.29 is 0 Å². The van der Waals surface area contributed by atoms with Crippen molar-refractivity contribution in [1.29, 1.82) is 0 Å². The monoisotopic (exact) mass is 864 g/mol. The van der Waals surface area contributed by atoms with Gasteiger partial charge in [-0.15, -0.1) is 0 Å². The molecule has 4 heteroatoms. The van der Waals surface area contributed by atoms with Crippen LogP contribution in [0.2, 0.25) is 0 Å². The van der Waals surface area contributed by atoms with E-state index >= 15 is 0 Å². The van der Waals surface area contributed by atoms with Crippen LogP contribution in [0.5, 0.6) is 0 Å². The third-order valence-electron chi connectivity index (χ3n) is 13.8. The highest BCUT2D eigenvalue weighted by Gasteiger charge is 2.21. The van der Waals surface area contributed by atoms with Gasteiger partial charge in [0, 0.05) is 44.2 Å². The van der Waals surface area contributed by atoms with Crippen LogP contribution in [-0.4, -0.2) is 18.7 Å². The lowest BCUT2D eigenvalue weighted by molar-refractivity contribution is 0.590. The maximum atomic E-state index is 5.38. The standard InChI is InChI=1S/C63H52N4/c1-62(2,3)46-26-30-49(31-27-46)65-56-21-13-10-18-51(56)53-39-41(24-34-58(53)65)43-36-44(38-45(37-43)61-64-55-20-12-15-23-60(55)67(61)48-16-8-7-9-17-48)42-25-35-59-54(40-42)52-19-11-14-22-57(52)66(59)50-32-28-47(29-33-50)63(4,5)6/h7-40H,1-6H3. The molecule has 0 amide bonds. The molecule has 0 bridgehead atoms. The molecule has 0 fully saturated rings. The van der Waals surface area contributed by atoms with E-state index in [0.717, 1.165) is 61.7 Å². The number of nitrogens with zero attached hydrogens (tertiary/aromatic N) is 4. The smallest absolute Gasteiger partial charge is 0.145 e. The Morgan fingerprint density at radius 1 is 0.299 bits per heavy atom. The summed E-state index contributed by atoms with van der Waals surface area (Å²) in [6.07, 6.45) is 0. The van der Waals surface area contributed by atoms with Gasteiger partial charge in [0.15, 0.2) is 0 Å². The summed E-state index contributed by atoms with van der Waals surface area (Å²) in [5.74, 6) is 0.906. The van der Waals surface area contributed by atoms with Crippen LogP contribution in [0.4, 0.5) is 0 Å². The Balaban J connectivity index is 1.07. The maximum Gasteiger partial charge on any atom is 0.145 e. The number of benzene rings is 9. The zero-order valence-corrected chi connectivity index (χ0v) is 38.9. The van der Waals surface area contributed by atoms with Crippen molar-refractivity contribution in [2.75, 3.05) is 0 Å². The lowest BCUT2D eigenvalue weighted by Gasteiger charge is -2.19. The number of fused-ring (bicyclic) bond motifs is 7. The Hall–Kier alpha value is -7.95. The van der Waals surface area contributed by atoms with Crippen molar-refractivity contribution >= 4 is 54.6 Å². The van der Waals surface area contributed by atoms with Crippen molar-refractivity contribution in [3.63, 3.8) is 0 Å². The third-order valence-corrected chi connectivity index (χ3v) is 13.8. The van der Waals surface area contributed by atoms with Crippen LogP contribution >= 0.6 is 0 Å². The normalized spacial score (nSPS) is 12.3. The number of hydrogen-bond donors (Lipinski definition) is 0. The molecule has 0 N–H and O–H groups in total. The highest BCUT2D eigenvalue weighted by Crippen LogP contribution is 2.41. The highest BCUT2D eigenvalue weighted by molar-refractivity contribution is 6.12. The molecule has 3 aromatic heterocycles. The number of rotatable bonds is 6. The van der Waals surface area contributed by atoms with Gasteiger partial charge in [-0.3, -0.25) is 4.57 Å². The van der Waals surface area contributed by atoms with Gasteiger partial charge in [-0.05, 0) is 147 Å². The van der Waals surface area contributed by atoms with Crippen LogP contribution in [0.15, 0.2) is 206 Å². The van der Waals surface area contributed by atoms with Crippen LogP contribution in [0.1, 0.15) is 52.7 Å². The second-order valence-electron chi connectivity index (χ2n) is 20.2. The second-order valence-corrected chi connectivity index (χ2v) is 20.2. The van der Waals surface area contributed by atoms with E-state index in [9.17, 15) is 0 Å². The zero-order valence-electron chi connectivity index (χ0n) is 38.9.